The van der Waals surface area contributed by atoms with Gasteiger partial charge in [-0.1, -0.05) is 18.2 Å². The Hall–Kier alpha value is -2.56. The molecule has 1 aliphatic heterocycles. The predicted octanol–water partition coefficient (Wildman–Crippen LogP) is 2.79. The third-order valence-electron chi connectivity index (χ3n) is 3.33. The van der Waals surface area contributed by atoms with Gasteiger partial charge in [0, 0.05) is 6.54 Å². The summed E-state index contributed by atoms with van der Waals surface area (Å²) in [7, 11) is 0. The molecule has 0 aliphatic carbocycles. The van der Waals surface area contributed by atoms with Crippen LogP contribution in [0.4, 0.5) is 4.39 Å². The molecule has 2 aromatic carbocycles. The molecule has 5 heteroatoms. The van der Waals surface area contributed by atoms with Gasteiger partial charge < -0.3 is 14.8 Å². The molecule has 0 aromatic heterocycles. The van der Waals surface area contributed by atoms with Crippen molar-refractivity contribution in [3.63, 3.8) is 0 Å². The number of halogens is 1. The van der Waals surface area contributed by atoms with Gasteiger partial charge >= 0.3 is 0 Å². The van der Waals surface area contributed by atoms with E-state index in [-0.39, 0.29) is 12.4 Å². The highest BCUT2D eigenvalue weighted by molar-refractivity contribution is 5.94. The first-order chi connectivity index (χ1) is 10.1. The molecule has 1 aliphatic rings. The van der Waals surface area contributed by atoms with E-state index in [0.29, 0.717) is 23.6 Å². The molecule has 21 heavy (non-hydrogen) atoms. The number of carbonyl (C=O) groups is 1. The number of fused-ring (bicyclic) bond motifs is 1. The molecule has 108 valence electrons. The van der Waals surface area contributed by atoms with Crippen LogP contribution in [0.25, 0.3) is 0 Å². The molecular formula is C16H14FNO3. The second-order valence-electron chi connectivity index (χ2n) is 4.81. The Morgan fingerprint density at radius 1 is 1.24 bits per heavy atom. The zero-order valence-corrected chi connectivity index (χ0v) is 11.5. The lowest BCUT2D eigenvalue weighted by molar-refractivity contribution is 0.0946. The Balaban J connectivity index is 1.70. The number of aryl methyl sites for hydroxylation is 1. The van der Waals surface area contributed by atoms with Crippen LogP contribution in [0.3, 0.4) is 0 Å². The quantitative estimate of drug-likeness (QED) is 0.944. The van der Waals surface area contributed by atoms with Crippen LogP contribution in [-0.2, 0) is 6.54 Å². The molecule has 0 bridgehead atoms. The zero-order valence-electron chi connectivity index (χ0n) is 11.5. The van der Waals surface area contributed by atoms with Gasteiger partial charge in [0.05, 0.1) is 5.56 Å². The molecule has 0 unspecified atom stereocenters. The number of nitrogens with one attached hydrogen (secondary N) is 1. The van der Waals surface area contributed by atoms with Crippen molar-refractivity contribution in [2.24, 2.45) is 0 Å². The van der Waals surface area contributed by atoms with Crippen LogP contribution in [-0.4, -0.2) is 12.7 Å². The van der Waals surface area contributed by atoms with E-state index in [2.05, 4.69) is 5.32 Å². The Bertz CT molecular complexity index is 700. The van der Waals surface area contributed by atoms with Gasteiger partial charge in [0.25, 0.3) is 5.91 Å². The average Bonchev–Trinajstić information content (AvgIpc) is 2.95. The molecule has 1 amide bonds. The molecule has 0 radical (unpaired) electrons. The van der Waals surface area contributed by atoms with Crippen molar-refractivity contribution in [3.8, 4) is 11.5 Å². The molecule has 0 atom stereocenters. The molecule has 4 nitrogen and oxygen atoms in total. The van der Waals surface area contributed by atoms with E-state index in [1.807, 2.05) is 6.07 Å². The Kier molecular flexibility index (Phi) is 3.48. The van der Waals surface area contributed by atoms with Gasteiger partial charge in [-0.3, -0.25) is 4.79 Å². The van der Waals surface area contributed by atoms with E-state index in [9.17, 15) is 9.18 Å². The van der Waals surface area contributed by atoms with Gasteiger partial charge in [0.15, 0.2) is 11.5 Å². The summed E-state index contributed by atoms with van der Waals surface area (Å²) in [5.41, 5.74) is 1.36. The van der Waals surface area contributed by atoms with Gasteiger partial charge in [0.2, 0.25) is 6.79 Å². The van der Waals surface area contributed by atoms with Gasteiger partial charge in [-0.2, -0.15) is 0 Å². The zero-order chi connectivity index (χ0) is 14.8. The van der Waals surface area contributed by atoms with Crippen molar-refractivity contribution in [2.45, 2.75) is 13.5 Å². The summed E-state index contributed by atoms with van der Waals surface area (Å²) < 4.78 is 24.3. The van der Waals surface area contributed by atoms with Gasteiger partial charge in [-0.05, 0) is 36.2 Å². The first-order valence-corrected chi connectivity index (χ1v) is 6.57. The van der Waals surface area contributed by atoms with Crippen LogP contribution in [0.2, 0.25) is 0 Å². The second kappa shape index (κ2) is 5.44. The fraction of sp³-hybridized carbons (Fsp3) is 0.188. The lowest BCUT2D eigenvalue weighted by atomic mass is 10.1. The maximum absolute atomic E-state index is 13.9. The highest BCUT2D eigenvalue weighted by Crippen LogP contribution is 2.32. The van der Waals surface area contributed by atoms with Crippen LogP contribution in [0.15, 0.2) is 36.4 Å². The third-order valence-corrected chi connectivity index (χ3v) is 3.33. The summed E-state index contributed by atoms with van der Waals surface area (Å²) in [4.78, 5) is 12.0. The van der Waals surface area contributed by atoms with Gasteiger partial charge in [0.1, 0.15) is 5.82 Å². The van der Waals surface area contributed by atoms with Crippen LogP contribution >= 0.6 is 0 Å². The van der Waals surface area contributed by atoms with Crippen molar-refractivity contribution < 1.29 is 18.7 Å². The minimum Gasteiger partial charge on any atom is -0.454 e. The Morgan fingerprint density at radius 2 is 2.05 bits per heavy atom. The van der Waals surface area contributed by atoms with Crippen molar-refractivity contribution in [1.82, 2.24) is 5.32 Å². The van der Waals surface area contributed by atoms with E-state index in [1.165, 1.54) is 6.07 Å². The average molecular weight is 287 g/mol. The van der Waals surface area contributed by atoms with E-state index < -0.39 is 11.7 Å². The summed E-state index contributed by atoms with van der Waals surface area (Å²) in [6.45, 7) is 2.13. The first-order valence-electron chi connectivity index (χ1n) is 6.57. The topological polar surface area (TPSA) is 47.6 Å². The van der Waals surface area contributed by atoms with Crippen LogP contribution in [0, 0.1) is 12.7 Å². The van der Waals surface area contributed by atoms with E-state index >= 15 is 0 Å². The number of ether oxygens (including phenoxy) is 2. The summed E-state index contributed by atoms with van der Waals surface area (Å²) in [5.74, 6) is 0.424. The molecule has 0 fully saturated rings. The number of hydrogen-bond donors (Lipinski definition) is 1. The molecule has 0 spiro atoms. The molecule has 1 heterocycles. The maximum atomic E-state index is 13.9. The molecule has 0 saturated heterocycles. The van der Waals surface area contributed by atoms with Gasteiger partial charge in [-0.25, -0.2) is 4.39 Å². The largest absolute Gasteiger partial charge is 0.454 e. The lowest BCUT2D eigenvalue weighted by Gasteiger charge is -2.08. The standard InChI is InChI=1S/C16H14FNO3/c1-10-3-2-4-12(15(10)17)16(19)18-8-11-5-6-13-14(7-11)21-9-20-13/h2-7H,8-9H2,1H3,(H,18,19). The first kappa shape index (κ1) is 13.4. The minimum atomic E-state index is -0.485. The highest BCUT2D eigenvalue weighted by Gasteiger charge is 2.15. The molecule has 1 N–H and O–H groups in total. The smallest absolute Gasteiger partial charge is 0.254 e. The molecule has 0 saturated carbocycles. The van der Waals surface area contributed by atoms with E-state index in [0.717, 1.165) is 5.56 Å². The summed E-state index contributed by atoms with van der Waals surface area (Å²) in [5, 5.41) is 2.70. The molecular weight excluding hydrogens is 273 g/mol. The van der Waals surface area contributed by atoms with Gasteiger partial charge in [-0.15, -0.1) is 0 Å². The number of amides is 1. The second-order valence-corrected chi connectivity index (χ2v) is 4.81. The normalized spacial score (nSPS) is 12.3. The number of hydrogen-bond acceptors (Lipinski definition) is 3. The number of benzene rings is 2. The summed E-state index contributed by atoms with van der Waals surface area (Å²) in [6.07, 6.45) is 0. The number of rotatable bonds is 3. The van der Waals surface area contributed by atoms with Crippen LogP contribution < -0.4 is 14.8 Å². The SMILES string of the molecule is Cc1cccc(C(=O)NCc2ccc3c(c2)OCO3)c1F. The minimum absolute atomic E-state index is 0.0516. The summed E-state index contributed by atoms with van der Waals surface area (Å²) >= 11 is 0. The van der Waals surface area contributed by atoms with E-state index in [1.54, 1.807) is 31.2 Å². The fourth-order valence-corrected chi connectivity index (χ4v) is 2.15. The maximum Gasteiger partial charge on any atom is 0.254 e. The van der Waals surface area contributed by atoms with Crippen LogP contribution in [0.5, 0.6) is 11.5 Å². The van der Waals surface area contributed by atoms with Crippen molar-refractivity contribution in [3.05, 3.63) is 58.9 Å². The highest BCUT2D eigenvalue weighted by atomic mass is 19.1. The number of carbonyl (C=O) groups excluding carboxylic acids is 1. The Morgan fingerprint density at radius 3 is 2.90 bits per heavy atom. The summed E-state index contributed by atoms with van der Waals surface area (Å²) in [6, 6.07) is 10.2. The van der Waals surface area contributed by atoms with Crippen molar-refractivity contribution in [2.75, 3.05) is 6.79 Å². The monoisotopic (exact) mass is 287 g/mol. The molecule has 3 rings (SSSR count). The van der Waals surface area contributed by atoms with Crippen molar-refractivity contribution >= 4 is 5.91 Å². The third kappa shape index (κ3) is 2.67. The van der Waals surface area contributed by atoms with E-state index in [4.69, 9.17) is 9.47 Å². The lowest BCUT2D eigenvalue weighted by Crippen LogP contribution is -2.24. The molecule has 2 aromatic rings. The predicted molar refractivity (Wildman–Crippen MR) is 74.9 cm³/mol. The van der Waals surface area contributed by atoms with Crippen LogP contribution in [0.1, 0.15) is 21.5 Å². The van der Waals surface area contributed by atoms with Crippen molar-refractivity contribution in [1.29, 1.82) is 0 Å². The fourth-order valence-electron chi connectivity index (χ4n) is 2.15. The Labute approximate surface area is 121 Å².